The topological polar surface area (TPSA) is 52.8 Å². The Balaban J connectivity index is 2.08. The molecule has 25 heavy (non-hydrogen) atoms. The van der Waals surface area contributed by atoms with Gasteiger partial charge < -0.3 is 4.74 Å². The van der Waals surface area contributed by atoms with Crippen molar-refractivity contribution in [2.45, 2.75) is 6.18 Å². The maximum atomic E-state index is 13.3. The smallest absolute Gasteiger partial charge is 0.451 e. The molecule has 0 aliphatic carbocycles. The normalized spacial score (nSPS) is 12.0. The van der Waals surface area contributed by atoms with Crippen LogP contribution in [0.5, 0.6) is 5.75 Å². The first-order chi connectivity index (χ1) is 12.0. The molecule has 0 radical (unpaired) electrons. The molecule has 0 spiro atoms. The van der Waals surface area contributed by atoms with Gasteiger partial charge >= 0.3 is 6.18 Å². The summed E-state index contributed by atoms with van der Waals surface area (Å²) >= 11 is 0. The molecule has 0 saturated carbocycles. The number of hydrogen-bond donors (Lipinski definition) is 0. The quantitative estimate of drug-likeness (QED) is 0.552. The standard InChI is InChI=1S/C17H11F3N4O/c1-25-10-6-7-11-13(8-10)22-16(17(18,19)20)23-15(11)24-9-21-12-4-2-3-5-14(12)24/h2-9H,1H3. The molecule has 0 N–H and O–H groups in total. The maximum absolute atomic E-state index is 13.3. The number of methoxy groups -OCH3 is 1. The van der Waals surface area contributed by atoms with Gasteiger partial charge in [-0.05, 0) is 24.3 Å². The van der Waals surface area contributed by atoms with E-state index >= 15 is 0 Å². The van der Waals surface area contributed by atoms with Crippen LogP contribution in [0.25, 0.3) is 27.8 Å². The number of para-hydroxylation sites is 2. The van der Waals surface area contributed by atoms with Crippen LogP contribution in [0.2, 0.25) is 0 Å². The van der Waals surface area contributed by atoms with Crippen LogP contribution in [0.1, 0.15) is 5.82 Å². The monoisotopic (exact) mass is 344 g/mol. The second-order valence-corrected chi connectivity index (χ2v) is 5.35. The molecule has 2 aromatic carbocycles. The fraction of sp³-hybridized carbons (Fsp3) is 0.118. The SMILES string of the molecule is COc1ccc2c(-n3cnc4ccccc43)nc(C(F)(F)F)nc2c1. The fourth-order valence-electron chi connectivity index (χ4n) is 2.66. The Labute approximate surface area is 139 Å². The van der Waals surface area contributed by atoms with Crippen molar-refractivity contribution in [2.75, 3.05) is 7.11 Å². The number of ether oxygens (including phenoxy) is 1. The van der Waals surface area contributed by atoms with Crippen molar-refractivity contribution in [2.24, 2.45) is 0 Å². The highest BCUT2D eigenvalue weighted by Crippen LogP contribution is 2.32. The zero-order valence-corrected chi connectivity index (χ0v) is 12.9. The summed E-state index contributed by atoms with van der Waals surface area (Å²) in [4.78, 5) is 11.6. The van der Waals surface area contributed by atoms with Crippen LogP contribution in [-0.2, 0) is 6.18 Å². The third-order valence-corrected chi connectivity index (χ3v) is 3.82. The zero-order chi connectivity index (χ0) is 17.6. The van der Waals surface area contributed by atoms with E-state index in [0.29, 0.717) is 22.2 Å². The van der Waals surface area contributed by atoms with Gasteiger partial charge in [0.15, 0.2) is 0 Å². The van der Waals surface area contributed by atoms with Crippen LogP contribution < -0.4 is 4.74 Å². The summed E-state index contributed by atoms with van der Waals surface area (Å²) in [6.45, 7) is 0. The van der Waals surface area contributed by atoms with Gasteiger partial charge in [0, 0.05) is 11.5 Å². The molecule has 126 valence electrons. The lowest BCUT2D eigenvalue weighted by molar-refractivity contribution is -0.144. The number of imidazole rings is 1. The second kappa shape index (κ2) is 5.44. The van der Waals surface area contributed by atoms with E-state index in [2.05, 4.69) is 15.0 Å². The number of rotatable bonds is 2. The molecule has 5 nitrogen and oxygen atoms in total. The predicted molar refractivity (Wildman–Crippen MR) is 85.7 cm³/mol. The lowest BCUT2D eigenvalue weighted by atomic mass is 10.2. The van der Waals surface area contributed by atoms with Crippen LogP contribution in [-0.4, -0.2) is 26.6 Å². The molecule has 0 amide bonds. The molecule has 0 atom stereocenters. The Morgan fingerprint density at radius 1 is 1.00 bits per heavy atom. The minimum Gasteiger partial charge on any atom is -0.497 e. The highest BCUT2D eigenvalue weighted by atomic mass is 19.4. The van der Waals surface area contributed by atoms with E-state index in [4.69, 9.17) is 4.74 Å². The van der Waals surface area contributed by atoms with Gasteiger partial charge in [-0.2, -0.15) is 13.2 Å². The van der Waals surface area contributed by atoms with Gasteiger partial charge in [-0.15, -0.1) is 0 Å². The molecule has 2 aromatic heterocycles. The van der Waals surface area contributed by atoms with E-state index in [1.807, 2.05) is 6.07 Å². The van der Waals surface area contributed by atoms with Crippen LogP contribution in [0.3, 0.4) is 0 Å². The summed E-state index contributed by atoms with van der Waals surface area (Å²) in [7, 11) is 1.44. The molecule has 0 aliphatic heterocycles. The Bertz CT molecular complexity index is 1090. The molecule has 4 aromatic rings. The van der Waals surface area contributed by atoms with Gasteiger partial charge in [-0.3, -0.25) is 4.57 Å². The largest absolute Gasteiger partial charge is 0.497 e. The van der Waals surface area contributed by atoms with Crippen molar-refractivity contribution in [3.8, 4) is 11.6 Å². The van der Waals surface area contributed by atoms with Crippen LogP contribution >= 0.6 is 0 Å². The molecule has 0 fully saturated rings. The summed E-state index contributed by atoms with van der Waals surface area (Å²) in [6, 6.07) is 11.9. The highest BCUT2D eigenvalue weighted by molar-refractivity contribution is 5.89. The zero-order valence-electron chi connectivity index (χ0n) is 12.9. The molecule has 2 heterocycles. The Morgan fingerprint density at radius 2 is 1.80 bits per heavy atom. The number of alkyl halides is 3. The molecular weight excluding hydrogens is 333 g/mol. The molecule has 8 heteroatoms. The Kier molecular flexibility index (Phi) is 3.34. The first-order valence-electron chi connectivity index (χ1n) is 7.33. The molecule has 0 aliphatic rings. The molecule has 0 unspecified atom stereocenters. The Hall–Kier alpha value is -3.16. The summed E-state index contributed by atoms with van der Waals surface area (Å²) in [5, 5.41) is 0.469. The predicted octanol–water partition coefficient (Wildman–Crippen LogP) is 4.00. The van der Waals surface area contributed by atoms with Crippen molar-refractivity contribution in [3.05, 3.63) is 54.6 Å². The minimum atomic E-state index is -4.66. The van der Waals surface area contributed by atoms with Crippen molar-refractivity contribution in [1.82, 2.24) is 19.5 Å². The van der Waals surface area contributed by atoms with Gasteiger partial charge in [0.2, 0.25) is 5.82 Å². The minimum absolute atomic E-state index is 0.119. The molecule has 0 bridgehead atoms. The average molecular weight is 344 g/mol. The second-order valence-electron chi connectivity index (χ2n) is 5.35. The average Bonchev–Trinajstić information content (AvgIpc) is 3.03. The summed E-state index contributed by atoms with van der Waals surface area (Å²) in [5.74, 6) is -0.671. The number of hydrogen-bond acceptors (Lipinski definition) is 4. The van der Waals surface area contributed by atoms with Crippen molar-refractivity contribution >= 4 is 21.9 Å². The van der Waals surface area contributed by atoms with E-state index in [-0.39, 0.29) is 11.3 Å². The van der Waals surface area contributed by atoms with Crippen molar-refractivity contribution < 1.29 is 17.9 Å². The third kappa shape index (κ3) is 2.55. The highest BCUT2D eigenvalue weighted by Gasteiger charge is 2.36. The first-order valence-corrected chi connectivity index (χ1v) is 7.33. The van der Waals surface area contributed by atoms with Crippen molar-refractivity contribution in [1.29, 1.82) is 0 Å². The van der Waals surface area contributed by atoms with Crippen LogP contribution in [0.4, 0.5) is 13.2 Å². The summed E-state index contributed by atoms with van der Waals surface area (Å²) in [5.41, 5.74) is 1.47. The Morgan fingerprint density at radius 3 is 2.56 bits per heavy atom. The van der Waals surface area contributed by atoms with E-state index < -0.39 is 12.0 Å². The summed E-state index contributed by atoms with van der Waals surface area (Å²) in [6.07, 6.45) is -3.21. The van der Waals surface area contributed by atoms with Gasteiger partial charge in [0.25, 0.3) is 0 Å². The van der Waals surface area contributed by atoms with E-state index in [9.17, 15) is 13.2 Å². The lowest BCUT2D eigenvalue weighted by Crippen LogP contribution is -2.13. The van der Waals surface area contributed by atoms with Gasteiger partial charge in [-0.25, -0.2) is 15.0 Å². The van der Waals surface area contributed by atoms with Gasteiger partial charge in [-0.1, -0.05) is 12.1 Å². The summed E-state index contributed by atoms with van der Waals surface area (Å²) < 4.78 is 46.4. The third-order valence-electron chi connectivity index (χ3n) is 3.82. The number of benzene rings is 2. The van der Waals surface area contributed by atoms with Gasteiger partial charge in [0.05, 0.1) is 23.7 Å². The van der Waals surface area contributed by atoms with Gasteiger partial charge in [0.1, 0.15) is 17.9 Å². The maximum Gasteiger partial charge on any atom is 0.451 e. The number of nitrogens with zero attached hydrogens (tertiary/aromatic N) is 4. The molecular formula is C17H11F3N4O. The first kappa shape index (κ1) is 15.4. The molecule has 4 rings (SSSR count). The van der Waals surface area contributed by atoms with Crippen LogP contribution in [0.15, 0.2) is 48.8 Å². The van der Waals surface area contributed by atoms with E-state index in [0.717, 1.165) is 0 Å². The lowest BCUT2D eigenvalue weighted by Gasteiger charge is -2.12. The van der Waals surface area contributed by atoms with Crippen LogP contribution in [0, 0.1) is 0 Å². The van der Waals surface area contributed by atoms with E-state index in [1.165, 1.54) is 24.1 Å². The van der Waals surface area contributed by atoms with E-state index in [1.54, 1.807) is 30.3 Å². The number of fused-ring (bicyclic) bond motifs is 2. The van der Waals surface area contributed by atoms with Crippen molar-refractivity contribution in [3.63, 3.8) is 0 Å². The molecule has 0 saturated heterocycles. The fourth-order valence-corrected chi connectivity index (χ4v) is 2.66. The number of halogens is 3. The number of aromatic nitrogens is 4.